The van der Waals surface area contributed by atoms with Gasteiger partial charge < -0.3 is 15.2 Å². The monoisotopic (exact) mass is 237 g/mol. The maximum Gasteiger partial charge on any atom is 0.304 e. The Bertz CT molecular complexity index is 365. The highest BCUT2D eigenvalue weighted by molar-refractivity contribution is 5.67. The molecular formula is C13H19NO3. The topological polar surface area (TPSA) is 58.6 Å². The van der Waals surface area contributed by atoms with Crippen LogP contribution in [0.1, 0.15) is 24.5 Å². The van der Waals surface area contributed by atoms with Gasteiger partial charge in [0.2, 0.25) is 0 Å². The zero-order chi connectivity index (χ0) is 12.7. The summed E-state index contributed by atoms with van der Waals surface area (Å²) in [6, 6.07) is 8.03. The number of hydrogen-bond acceptors (Lipinski definition) is 3. The van der Waals surface area contributed by atoms with Gasteiger partial charge in [-0.25, -0.2) is 0 Å². The smallest absolute Gasteiger partial charge is 0.304 e. The second kappa shape index (κ2) is 7.04. The molecule has 0 spiro atoms. The number of ether oxygens (including phenoxy) is 1. The average Bonchev–Trinajstić information content (AvgIpc) is 2.26. The summed E-state index contributed by atoms with van der Waals surface area (Å²) in [6.07, 6.45) is 0.137. The molecule has 17 heavy (non-hydrogen) atoms. The van der Waals surface area contributed by atoms with E-state index in [4.69, 9.17) is 9.84 Å². The minimum atomic E-state index is -0.780. The summed E-state index contributed by atoms with van der Waals surface area (Å²) < 4.78 is 5.06. The molecule has 0 aliphatic rings. The Morgan fingerprint density at radius 3 is 2.82 bits per heavy atom. The zero-order valence-electron chi connectivity index (χ0n) is 10.3. The normalized spacial score (nSPS) is 12.4. The van der Waals surface area contributed by atoms with Gasteiger partial charge >= 0.3 is 5.97 Å². The van der Waals surface area contributed by atoms with Crippen LogP contribution in [0.4, 0.5) is 0 Å². The molecule has 0 amide bonds. The molecule has 0 bridgehead atoms. The number of methoxy groups -OCH3 is 1. The first-order valence-corrected chi connectivity index (χ1v) is 5.63. The number of nitrogens with one attached hydrogen (secondary N) is 1. The van der Waals surface area contributed by atoms with Gasteiger partial charge in [0.05, 0.1) is 13.0 Å². The average molecular weight is 237 g/mol. The van der Waals surface area contributed by atoms with E-state index >= 15 is 0 Å². The highest BCUT2D eigenvalue weighted by atomic mass is 16.5. The van der Waals surface area contributed by atoms with E-state index in [2.05, 4.69) is 11.4 Å². The van der Waals surface area contributed by atoms with E-state index in [-0.39, 0.29) is 12.5 Å². The van der Waals surface area contributed by atoms with Gasteiger partial charge in [-0.2, -0.15) is 0 Å². The first-order chi connectivity index (χ1) is 8.11. The van der Waals surface area contributed by atoms with Gasteiger partial charge in [0.25, 0.3) is 0 Å². The van der Waals surface area contributed by atoms with Crippen LogP contribution in [0.5, 0.6) is 0 Å². The van der Waals surface area contributed by atoms with Crippen molar-refractivity contribution in [3.63, 3.8) is 0 Å². The van der Waals surface area contributed by atoms with E-state index in [1.165, 1.54) is 0 Å². The lowest BCUT2D eigenvalue weighted by Crippen LogP contribution is -2.27. The van der Waals surface area contributed by atoms with Crippen LogP contribution in [0, 0.1) is 0 Å². The van der Waals surface area contributed by atoms with Crippen molar-refractivity contribution in [2.45, 2.75) is 32.5 Å². The molecule has 4 nitrogen and oxygen atoms in total. The Morgan fingerprint density at radius 1 is 1.47 bits per heavy atom. The minimum absolute atomic E-state index is 0.0291. The molecule has 1 unspecified atom stereocenters. The number of carbonyl (C=O) groups is 1. The van der Waals surface area contributed by atoms with Gasteiger partial charge in [-0.1, -0.05) is 24.3 Å². The molecule has 1 aromatic rings. The summed E-state index contributed by atoms with van der Waals surface area (Å²) >= 11 is 0. The summed E-state index contributed by atoms with van der Waals surface area (Å²) in [5, 5.41) is 11.8. The van der Waals surface area contributed by atoms with Crippen molar-refractivity contribution in [3.05, 3.63) is 35.4 Å². The van der Waals surface area contributed by atoms with Gasteiger partial charge in [-0.15, -0.1) is 0 Å². The standard InChI is InChI=1S/C13H19NO3/c1-10(6-13(15)16)14-8-11-4-3-5-12(7-11)9-17-2/h3-5,7,10,14H,6,8-9H2,1-2H3,(H,15,16). The molecular weight excluding hydrogens is 218 g/mol. The van der Waals surface area contributed by atoms with Crippen molar-refractivity contribution in [1.29, 1.82) is 0 Å². The van der Waals surface area contributed by atoms with Crippen molar-refractivity contribution in [3.8, 4) is 0 Å². The third kappa shape index (κ3) is 5.47. The third-order valence-electron chi connectivity index (χ3n) is 2.44. The van der Waals surface area contributed by atoms with Gasteiger partial charge in [0, 0.05) is 19.7 Å². The van der Waals surface area contributed by atoms with Crippen LogP contribution in [0.25, 0.3) is 0 Å². The zero-order valence-corrected chi connectivity index (χ0v) is 10.3. The molecule has 0 radical (unpaired) electrons. The van der Waals surface area contributed by atoms with Gasteiger partial charge in [0.15, 0.2) is 0 Å². The molecule has 0 saturated heterocycles. The minimum Gasteiger partial charge on any atom is -0.481 e. The predicted molar refractivity (Wildman–Crippen MR) is 65.7 cm³/mol. The number of aliphatic carboxylic acids is 1. The molecule has 1 rings (SSSR count). The van der Waals surface area contributed by atoms with Crippen molar-refractivity contribution < 1.29 is 14.6 Å². The molecule has 0 fully saturated rings. The lowest BCUT2D eigenvalue weighted by molar-refractivity contribution is -0.137. The second-order valence-corrected chi connectivity index (χ2v) is 4.13. The largest absolute Gasteiger partial charge is 0.481 e. The lowest BCUT2D eigenvalue weighted by Gasteiger charge is -2.12. The van der Waals surface area contributed by atoms with Crippen LogP contribution < -0.4 is 5.32 Å². The van der Waals surface area contributed by atoms with Crippen molar-refractivity contribution in [2.75, 3.05) is 7.11 Å². The Labute approximate surface area is 102 Å². The maximum absolute atomic E-state index is 10.5. The van der Waals surface area contributed by atoms with E-state index in [0.717, 1.165) is 11.1 Å². The fourth-order valence-corrected chi connectivity index (χ4v) is 1.62. The van der Waals surface area contributed by atoms with Gasteiger partial charge in [-0.05, 0) is 18.1 Å². The fourth-order valence-electron chi connectivity index (χ4n) is 1.62. The molecule has 0 aromatic heterocycles. The maximum atomic E-state index is 10.5. The summed E-state index contributed by atoms with van der Waals surface area (Å²) in [6.45, 7) is 3.14. The third-order valence-corrected chi connectivity index (χ3v) is 2.44. The summed E-state index contributed by atoms with van der Waals surface area (Å²) in [5.41, 5.74) is 2.26. The van der Waals surface area contributed by atoms with Gasteiger partial charge in [0.1, 0.15) is 0 Å². The van der Waals surface area contributed by atoms with Crippen LogP contribution in [0.3, 0.4) is 0 Å². The number of rotatable bonds is 7. The first-order valence-electron chi connectivity index (χ1n) is 5.63. The van der Waals surface area contributed by atoms with Crippen LogP contribution >= 0.6 is 0 Å². The van der Waals surface area contributed by atoms with E-state index in [9.17, 15) is 4.79 Å². The highest BCUT2D eigenvalue weighted by Crippen LogP contribution is 2.06. The van der Waals surface area contributed by atoms with Crippen LogP contribution in [0.15, 0.2) is 24.3 Å². The van der Waals surface area contributed by atoms with E-state index in [1.807, 2.05) is 25.1 Å². The molecule has 0 saturated carbocycles. The van der Waals surface area contributed by atoms with Crippen LogP contribution in [-0.4, -0.2) is 24.2 Å². The molecule has 1 aromatic carbocycles. The van der Waals surface area contributed by atoms with Crippen molar-refractivity contribution in [2.24, 2.45) is 0 Å². The van der Waals surface area contributed by atoms with E-state index in [0.29, 0.717) is 13.2 Å². The molecule has 4 heteroatoms. The Morgan fingerprint density at radius 2 is 2.18 bits per heavy atom. The summed E-state index contributed by atoms with van der Waals surface area (Å²) in [4.78, 5) is 10.5. The number of carboxylic acids is 1. The Balaban J connectivity index is 2.45. The van der Waals surface area contributed by atoms with Crippen LogP contribution in [0.2, 0.25) is 0 Å². The molecule has 0 heterocycles. The lowest BCUT2D eigenvalue weighted by atomic mass is 10.1. The Kier molecular flexibility index (Phi) is 5.66. The fraction of sp³-hybridized carbons (Fsp3) is 0.462. The number of carboxylic acid groups (broad SMARTS) is 1. The summed E-state index contributed by atoms with van der Waals surface area (Å²) in [7, 11) is 1.67. The van der Waals surface area contributed by atoms with Crippen molar-refractivity contribution >= 4 is 5.97 Å². The van der Waals surface area contributed by atoms with Crippen LogP contribution in [-0.2, 0) is 22.7 Å². The molecule has 2 N–H and O–H groups in total. The first kappa shape index (κ1) is 13.7. The highest BCUT2D eigenvalue weighted by Gasteiger charge is 2.06. The SMILES string of the molecule is COCc1cccc(CNC(C)CC(=O)O)c1. The molecule has 0 aliphatic carbocycles. The number of hydrogen-bond donors (Lipinski definition) is 2. The van der Waals surface area contributed by atoms with Crippen molar-refractivity contribution in [1.82, 2.24) is 5.32 Å². The van der Waals surface area contributed by atoms with Gasteiger partial charge in [-0.3, -0.25) is 4.79 Å². The Hall–Kier alpha value is -1.39. The molecule has 0 aliphatic heterocycles. The molecule has 1 atom stereocenters. The number of benzene rings is 1. The molecule has 94 valence electrons. The van der Waals surface area contributed by atoms with E-state index in [1.54, 1.807) is 7.11 Å². The summed E-state index contributed by atoms with van der Waals surface area (Å²) in [5.74, 6) is -0.780. The predicted octanol–water partition coefficient (Wildman–Crippen LogP) is 1.79. The van der Waals surface area contributed by atoms with E-state index < -0.39 is 5.97 Å². The second-order valence-electron chi connectivity index (χ2n) is 4.13. The quantitative estimate of drug-likeness (QED) is 0.759.